The molecule has 14 heavy (non-hydrogen) atoms. The molecule has 2 heterocycles. The number of thioether (sulfide) groups is 1. The summed E-state index contributed by atoms with van der Waals surface area (Å²) >= 11 is 2.16. The fraction of sp³-hybridized carbons (Fsp3) is 0.909. The zero-order valence-electron chi connectivity index (χ0n) is 8.70. The Morgan fingerprint density at radius 1 is 1.36 bits per heavy atom. The maximum atomic E-state index is 11.2. The fourth-order valence-corrected chi connectivity index (χ4v) is 4.57. The van der Waals surface area contributed by atoms with Gasteiger partial charge in [-0.25, -0.2) is 0 Å². The molecule has 0 aromatic rings. The number of esters is 1. The molecule has 3 heteroatoms. The van der Waals surface area contributed by atoms with Crippen LogP contribution in [-0.4, -0.2) is 23.6 Å². The summed E-state index contributed by atoms with van der Waals surface area (Å²) in [6.45, 7) is 0. The maximum Gasteiger partial charge on any atom is 0.305 e. The minimum absolute atomic E-state index is 0.0278. The van der Waals surface area contributed by atoms with Crippen molar-refractivity contribution in [2.24, 2.45) is 5.92 Å². The Labute approximate surface area is 89.8 Å². The van der Waals surface area contributed by atoms with Crippen LogP contribution in [0.4, 0.5) is 0 Å². The molecule has 80 valence electrons. The number of hydrogen-bond donors (Lipinski definition) is 0. The standard InChI is InChI=1S/C11H18O2S/c1-13-11(12)7-8-5-9-3-2-4-10(6-8)14-9/h8-10H,2-7H2,1H3. The van der Waals surface area contributed by atoms with E-state index >= 15 is 0 Å². The number of hydrogen-bond acceptors (Lipinski definition) is 3. The lowest BCUT2D eigenvalue weighted by Gasteiger charge is -2.38. The molecule has 2 bridgehead atoms. The van der Waals surface area contributed by atoms with Crippen LogP contribution in [0.3, 0.4) is 0 Å². The minimum atomic E-state index is -0.0278. The highest BCUT2D eigenvalue weighted by molar-refractivity contribution is 8.00. The van der Waals surface area contributed by atoms with E-state index in [1.54, 1.807) is 0 Å². The first kappa shape index (κ1) is 10.3. The van der Waals surface area contributed by atoms with Crippen molar-refractivity contribution in [2.75, 3.05) is 7.11 Å². The van der Waals surface area contributed by atoms with E-state index < -0.39 is 0 Å². The summed E-state index contributed by atoms with van der Waals surface area (Å²) in [5.74, 6) is 0.568. The average molecular weight is 214 g/mol. The Balaban J connectivity index is 1.86. The van der Waals surface area contributed by atoms with Crippen LogP contribution in [0, 0.1) is 5.92 Å². The Bertz CT molecular complexity index is 205. The third kappa shape index (κ3) is 2.44. The van der Waals surface area contributed by atoms with Crippen molar-refractivity contribution in [3.05, 3.63) is 0 Å². The predicted octanol–water partition coefficient (Wildman–Crippen LogP) is 2.61. The molecule has 0 aromatic heterocycles. The number of carbonyl (C=O) groups is 1. The Morgan fingerprint density at radius 3 is 2.57 bits per heavy atom. The van der Waals surface area contributed by atoms with Crippen molar-refractivity contribution in [3.8, 4) is 0 Å². The highest BCUT2D eigenvalue weighted by Crippen LogP contribution is 2.44. The second-order valence-electron chi connectivity index (χ2n) is 4.43. The molecule has 0 aromatic carbocycles. The van der Waals surface area contributed by atoms with Crippen LogP contribution in [0.2, 0.25) is 0 Å². The molecule has 0 aliphatic carbocycles. The first-order valence-electron chi connectivity index (χ1n) is 5.50. The van der Waals surface area contributed by atoms with Gasteiger partial charge < -0.3 is 4.74 Å². The van der Waals surface area contributed by atoms with Crippen LogP contribution < -0.4 is 0 Å². The summed E-state index contributed by atoms with van der Waals surface area (Å²) in [5, 5.41) is 1.66. The van der Waals surface area contributed by atoms with E-state index in [0.29, 0.717) is 12.3 Å². The van der Waals surface area contributed by atoms with E-state index in [1.807, 2.05) is 0 Å². The van der Waals surface area contributed by atoms with Crippen LogP contribution >= 0.6 is 11.8 Å². The highest BCUT2D eigenvalue weighted by atomic mass is 32.2. The molecule has 0 N–H and O–H groups in total. The van der Waals surface area contributed by atoms with Crippen LogP contribution in [0.1, 0.15) is 38.5 Å². The van der Waals surface area contributed by atoms with Gasteiger partial charge >= 0.3 is 5.97 Å². The van der Waals surface area contributed by atoms with Gasteiger partial charge in [-0.3, -0.25) is 4.79 Å². The molecule has 2 rings (SSSR count). The van der Waals surface area contributed by atoms with Crippen molar-refractivity contribution in [1.29, 1.82) is 0 Å². The topological polar surface area (TPSA) is 26.3 Å². The highest BCUT2D eigenvalue weighted by Gasteiger charge is 2.33. The smallest absolute Gasteiger partial charge is 0.305 e. The monoisotopic (exact) mass is 214 g/mol. The average Bonchev–Trinajstić information content (AvgIpc) is 2.17. The number of ether oxygens (including phenoxy) is 1. The number of fused-ring (bicyclic) bond motifs is 2. The molecular weight excluding hydrogens is 196 g/mol. The lowest BCUT2D eigenvalue weighted by molar-refractivity contribution is -0.141. The minimum Gasteiger partial charge on any atom is -0.469 e. The summed E-state index contributed by atoms with van der Waals surface area (Å²) in [6.07, 6.45) is 7.22. The summed E-state index contributed by atoms with van der Waals surface area (Å²) < 4.78 is 4.73. The molecule has 2 saturated heterocycles. The summed E-state index contributed by atoms with van der Waals surface area (Å²) in [6, 6.07) is 0. The van der Waals surface area contributed by atoms with Gasteiger partial charge in [0.15, 0.2) is 0 Å². The second kappa shape index (κ2) is 4.56. The van der Waals surface area contributed by atoms with E-state index in [4.69, 9.17) is 4.74 Å². The van der Waals surface area contributed by atoms with Gasteiger partial charge in [0, 0.05) is 16.9 Å². The predicted molar refractivity (Wildman–Crippen MR) is 58.4 cm³/mol. The Hall–Kier alpha value is -0.180. The molecule has 0 saturated carbocycles. The van der Waals surface area contributed by atoms with E-state index in [-0.39, 0.29) is 5.97 Å². The lowest BCUT2D eigenvalue weighted by Crippen LogP contribution is -2.30. The van der Waals surface area contributed by atoms with E-state index in [2.05, 4.69) is 11.8 Å². The zero-order chi connectivity index (χ0) is 9.97. The first-order chi connectivity index (χ1) is 6.78. The largest absolute Gasteiger partial charge is 0.469 e. The maximum absolute atomic E-state index is 11.2. The van der Waals surface area contributed by atoms with Crippen molar-refractivity contribution in [3.63, 3.8) is 0 Å². The van der Waals surface area contributed by atoms with Gasteiger partial charge in [-0.15, -0.1) is 0 Å². The van der Waals surface area contributed by atoms with Gasteiger partial charge in [0.25, 0.3) is 0 Å². The van der Waals surface area contributed by atoms with Crippen molar-refractivity contribution in [1.82, 2.24) is 0 Å². The quantitative estimate of drug-likeness (QED) is 0.661. The first-order valence-corrected chi connectivity index (χ1v) is 6.44. The summed E-state index contributed by atoms with van der Waals surface area (Å²) in [4.78, 5) is 11.2. The molecule has 2 unspecified atom stereocenters. The molecule has 0 radical (unpaired) electrons. The van der Waals surface area contributed by atoms with Gasteiger partial charge in [0.2, 0.25) is 0 Å². The lowest BCUT2D eigenvalue weighted by atomic mass is 9.87. The van der Waals surface area contributed by atoms with E-state index in [0.717, 1.165) is 10.5 Å². The molecule has 2 nitrogen and oxygen atoms in total. The Kier molecular flexibility index (Phi) is 3.37. The molecule has 0 amide bonds. The summed E-state index contributed by atoms with van der Waals surface area (Å²) in [5.41, 5.74) is 0. The second-order valence-corrected chi connectivity index (χ2v) is 6.03. The van der Waals surface area contributed by atoms with Crippen LogP contribution in [0.15, 0.2) is 0 Å². The van der Waals surface area contributed by atoms with Gasteiger partial charge in [0.1, 0.15) is 0 Å². The Morgan fingerprint density at radius 2 is 2.00 bits per heavy atom. The third-order valence-corrected chi connectivity index (χ3v) is 4.94. The normalized spacial score (nSPS) is 36.5. The van der Waals surface area contributed by atoms with Gasteiger partial charge in [0.05, 0.1) is 7.11 Å². The fourth-order valence-electron chi connectivity index (χ4n) is 2.65. The molecular formula is C11H18O2S. The van der Waals surface area contributed by atoms with Crippen molar-refractivity contribution < 1.29 is 9.53 Å². The van der Waals surface area contributed by atoms with Gasteiger partial charge in [-0.2, -0.15) is 11.8 Å². The van der Waals surface area contributed by atoms with Crippen LogP contribution in [0.25, 0.3) is 0 Å². The van der Waals surface area contributed by atoms with Crippen molar-refractivity contribution >= 4 is 17.7 Å². The van der Waals surface area contributed by atoms with E-state index in [1.165, 1.54) is 39.2 Å². The number of carbonyl (C=O) groups excluding carboxylic acids is 1. The van der Waals surface area contributed by atoms with Crippen molar-refractivity contribution in [2.45, 2.75) is 49.0 Å². The number of methoxy groups -OCH3 is 1. The molecule has 0 spiro atoms. The SMILES string of the molecule is COC(=O)CC1CC2CCCC(C1)S2. The molecule has 2 fully saturated rings. The van der Waals surface area contributed by atoms with E-state index in [9.17, 15) is 4.79 Å². The molecule has 2 aliphatic heterocycles. The molecule has 2 aliphatic rings. The number of rotatable bonds is 2. The summed E-state index contributed by atoms with van der Waals surface area (Å²) in [7, 11) is 1.49. The van der Waals surface area contributed by atoms with Crippen LogP contribution in [-0.2, 0) is 9.53 Å². The van der Waals surface area contributed by atoms with Gasteiger partial charge in [-0.1, -0.05) is 6.42 Å². The van der Waals surface area contributed by atoms with Crippen LogP contribution in [0.5, 0.6) is 0 Å². The van der Waals surface area contributed by atoms with Gasteiger partial charge in [-0.05, 0) is 31.6 Å². The molecule has 2 atom stereocenters. The third-order valence-electron chi connectivity index (χ3n) is 3.31. The zero-order valence-corrected chi connectivity index (χ0v) is 9.52.